The van der Waals surface area contributed by atoms with E-state index in [1.165, 1.54) is 14.9 Å². The van der Waals surface area contributed by atoms with Gasteiger partial charge in [-0.15, -0.1) is 11.8 Å². The summed E-state index contributed by atoms with van der Waals surface area (Å²) in [7, 11) is 1.59. The van der Waals surface area contributed by atoms with E-state index in [9.17, 15) is 4.79 Å². The lowest BCUT2D eigenvalue weighted by atomic mass is 10.1. The first-order chi connectivity index (χ1) is 14.0. The number of nitrogens with zero attached hydrogens (tertiary/aromatic N) is 5. The molecule has 0 aliphatic rings. The van der Waals surface area contributed by atoms with Crippen molar-refractivity contribution in [2.45, 2.75) is 19.1 Å². The van der Waals surface area contributed by atoms with Gasteiger partial charge in [0.25, 0.3) is 0 Å². The zero-order valence-electron chi connectivity index (χ0n) is 16.5. The minimum absolute atomic E-state index is 0.262. The Hall–Kier alpha value is -2.03. The van der Waals surface area contributed by atoms with E-state index in [1.807, 2.05) is 49.6 Å². The van der Waals surface area contributed by atoms with Crippen molar-refractivity contribution in [3.63, 3.8) is 0 Å². The standard InChI is InChI=1S/C20H22ClN5OS2/c1-14-6-4-9-18(26-20(27)25(2)23-24-26)17(14)13-29-19(28-3)22-11-10-15-7-5-8-16(21)12-15/h4-9,12H,10-11,13H2,1-3H3. The first-order valence-electron chi connectivity index (χ1n) is 9.03. The van der Waals surface area contributed by atoms with Crippen molar-refractivity contribution < 1.29 is 0 Å². The minimum atomic E-state index is -0.262. The van der Waals surface area contributed by atoms with Gasteiger partial charge in [-0.25, -0.2) is 4.79 Å². The Morgan fingerprint density at radius 1 is 1.21 bits per heavy atom. The second-order valence-electron chi connectivity index (χ2n) is 6.39. The molecule has 0 spiro atoms. The van der Waals surface area contributed by atoms with Crippen molar-refractivity contribution in [2.75, 3.05) is 12.8 Å². The molecule has 0 saturated carbocycles. The Balaban J connectivity index is 1.72. The Bertz CT molecular complexity index is 1080. The summed E-state index contributed by atoms with van der Waals surface area (Å²) in [5.74, 6) is 0.696. The van der Waals surface area contributed by atoms with Crippen LogP contribution in [0.25, 0.3) is 5.69 Å². The quantitative estimate of drug-likeness (QED) is 0.420. The first-order valence-corrected chi connectivity index (χ1v) is 11.6. The van der Waals surface area contributed by atoms with Crippen LogP contribution in [0.5, 0.6) is 0 Å². The maximum Gasteiger partial charge on any atom is 0.368 e. The Kier molecular flexibility index (Phi) is 7.57. The summed E-state index contributed by atoms with van der Waals surface area (Å²) in [5.41, 5.74) is 3.83. The van der Waals surface area contributed by atoms with Crippen LogP contribution in [-0.2, 0) is 19.2 Å². The topological polar surface area (TPSA) is 65.1 Å². The fourth-order valence-corrected chi connectivity index (χ4v) is 4.72. The van der Waals surface area contributed by atoms with Gasteiger partial charge in [0, 0.05) is 24.4 Å². The molecule has 0 amide bonds. The van der Waals surface area contributed by atoms with Crippen LogP contribution < -0.4 is 5.69 Å². The van der Waals surface area contributed by atoms with E-state index < -0.39 is 0 Å². The molecular weight excluding hydrogens is 426 g/mol. The summed E-state index contributed by atoms with van der Waals surface area (Å²) in [4.78, 5) is 17.0. The van der Waals surface area contributed by atoms with Gasteiger partial charge in [0.1, 0.15) is 4.38 Å². The van der Waals surface area contributed by atoms with Crippen LogP contribution in [-0.4, -0.2) is 37.0 Å². The Morgan fingerprint density at radius 3 is 2.69 bits per heavy atom. The van der Waals surface area contributed by atoms with Crippen LogP contribution in [0.4, 0.5) is 0 Å². The third-order valence-electron chi connectivity index (χ3n) is 4.38. The highest BCUT2D eigenvalue weighted by molar-refractivity contribution is 8.38. The molecule has 29 heavy (non-hydrogen) atoms. The number of aryl methyl sites for hydroxylation is 2. The van der Waals surface area contributed by atoms with Crippen LogP contribution >= 0.6 is 35.1 Å². The number of tetrazole rings is 1. The molecule has 0 bridgehead atoms. The summed E-state index contributed by atoms with van der Waals surface area (Å²) in [6, 6.07) is 13.7. The number of hydrogen-bond donors (Lipinski definition) is 0. The molecule has 0 fully saturated rings. The number of aromatic nitrogens is 4. The number of rotatable bonds is 6. The van der Waals surface area contributed by atoms with E-state index in [-0.39, 0.29) is 5.69 Å². The maximum absolute atomic E-state index is 12.3. The van der Waals surface area contributed by atoms with E-state index in [0.29, 0.717) is 12.3 Å². The molecule has 0 radical (unpaired) electrons. The highest BCUT2D eigenvalue weighted by atomic mass is 35.5. The van der Waals surface area contributed by atoms with Gasteiger partial charge in [-0.1, -0.05) is 47.6 Å². The van der Waals surface area contributed by atoms with Gasteiger partial charge in [-0.2, -0.15) is 9.36 Å². The molecule has 0 atom stereocenters. The largest absolute Gasteiger partial charge is 0.368 e. The normalized spacial score (nSPS) is 11.8. The van der Waals surface area contributed by atoms with Gasteiger partial charge in [0.05, 0.1) is 5.69 Å². The molecule has 6 nitrogen and oxygen atoms in total. The molecule has 3 aromatic rings. The number of benzene rings is 2. The van der Waals surface area contributed by atoms with Crippen molar-refractivity contribution in [3.8, 4) is 5.69 Å². The molecule has 1 aromatic heterocycles. The first kappa shape index (κ1) is 21.7. The average Bonchev–Trinajstić information content (AvgIpc) is 3.04. The summed E-state index contributed by atoms with van der Waals surface area (Å²) < 4.78 is 3.58. The van der Waals surface area contributed by atoms with Crippen LogP contribution in [0, 0.1) is 6.92 Å². The van der Waals surface area contributed by atoms with E-state index in [4.69, 9.17) is 16.6 Å². The van der Waals surface area contributed by atoms with E-state index >= 15 is 0 Å². The van der Waals surface area contributed by atoms with Crippen molar-refractivity contribution in [2.24, 2.45) is 12.0 Å². The van der Waals surface area contributed by atoms with E-state index in [1.54, 1.807) is 30.6 Å². The van der Waals surface area contributed by atoms with Gasteiger partial charge in [-0.05, 0) is 64.9 Å². The molecular formula is C20H22ClN5OS2. The SMILES string of the molecule is CSC(=NCCc1cccc(Cl)c1)SCc1c(C)cccc1-n1nnn(C)c1=O. The lowest BCUT2D eigenvalue weighted by Gasteiger charge is -2.11. The highest BCUT2D eigenvalue weighted by Gasteiger charge is 2.14. The second-order valence-corrected chi connectivity index (χ2v) is 8.84. The number of halogens is 1. The van der Waals surface area contributed by atoms with Crippen LogP contribution in [0.3, 0.4) is 0 Å². The molecule has 0 unspecified atom stereocenters. The van der Waals surface area contributed by atoms with Gasteiger partial charge < -0.3 is 0 Å². The summed E-state index contributed by atoms with van der Waals surface area (Å²) in [5, 5.41) is 8.56. The Labute approximate surface area is 183 Å². The fourth-order valence-electron chi connectivity index (χ4n) is 2.81. The monoisotopic (exact) mass is 447 g/mol. The zero-order valence-corrected chi connectivity index (χ0v) is 18.9. The van der Waals surface area contributed by atoms with Crippen molar-refractivity contribution in [3.05, 3.63) is 74.7 Å². The molecule has 0 N–H and O–H groups in total. The number of thioether (sulfide) groups is 2. The smallest absolute Gasteiger partial charge is 0.271 e. The third-order valence-corrected chi connectivity index (χ3v) is 6.76. The number of hydrogen-bond acceptors (Lipinski definition) is 6. The van der Waals surface area contributed by atoms with E-state index in [2.05, 4.69) is 16.5 Å². The summed E-state index contributed by atoms with van der Waals surface area (Å²) >= 11 is 9.34. The van der Waals surface area contributed by atoms with Gasteiger partial charge in [0.15, 0.2) is 0 Å². The maximum atomic E-state index is 12.3. The molecule has 3 rings (SSSR count). The van der Waals surface area contributed by atoms with Gasteiger partial charge in [0.2, 0.25) is 0 Å². The molecule has 0 saturated heterocycles. The van der Waals surface area contributed by atoms with Gasteiger partial charge in [-0.3, -0.25) is 4.99 Å². The zero-order chi connectivity index (χ0) is 20.8. The molecule has 0 aliphatic carbocycles. The van der Waals surface area contributed by atoms with Crippen LogP contribution in [0.15, 0.2) is 52.3 Å². The summed E-state index contributed by atoms with van der Waals surface area (Å²) in [6.07, 6.45) is 2.87. The molecule has 152 valence electrons. The average molecular weight is 448 g/mol. The van der Waals surface area contributed by atoms with Gasteiger partial charge >= 0.3 is 5.69 Å². The predicted octanol–water partition coefficient (Wildman–Crippen LogP) is 4.12. The molecule has 9 heteroatoms. The molecule has 0 aliphatic heterocycles. The molecule has 2 aromatic carbocycles. The molecule has 1 heterocycles. The fraction of sp³-hybridized carbons (Fsp3) is 0.300. The van der Waals surface area contributed by atoms with Crippen molar-refractivity contribution in [1.82, 2.24) is 19.8 Å². The second kappa shape index (κ2) is 10.1. The third kappa shape index (κ3) is 5.52. The van der Waals surface area contributed by atoms with Crippen LogP contribution in [0.2, 0.25) is 5.02 Å². The lowest BCUT2D eigenvalue weighted by molar-refractivity contribution is 0.692. The van der Waals surface area contributed by atoms with E-state index in [0.717, 1.165) is 32.6 Å². The minimum Gasteiger partial charge on any atom is -0.271 e. The van der Waals surface area contributed by atoms with Crippen molar-refractivity contribution >= 4 is 39.5 Å². The highest BCUT2D eigenvalue weighted by Crippen LogP contribution is 2.26. The predicted molar refractivity (Wildman–Crippen MR) is 124 cm³/mol. The number of aliphatic imine (C=N–C) groups is 1. The lowest BCUT2D eigenvalue weighted by Crippen LogP contribution is -2.23. The van der Waals surface area contributed by atoms with Crippen LogP contribution in [0.1, 0.15) is 16.7 Å². The van der Waals surface area contributed by atoms with Crippen molar-refractivity contribution in [1.29, 1.82) is 0 Å². The Morgan fingerprint density at radius 2 is 2.00 bits per heavy atom. The summed E-state index contributed by atoms with van der Waals surface area (Å²) in [6.45, 7) is 2.74.